The van der Waals surface area contributed by atoms with Crippen molar-refractivity contribution in [3.8, 4) is 0 Å². The van der Waals surface area contributed by atoms with E-state index in [9.17, 15) is 22.8 Å². The van der Waals surface area contributed by atoms with E-state index < -0.39 is 27.9 Å². The van der Waals surface area contributed by atoms with E-state index in [0.717, 1.165) is 18.4 Å². The smallest absolute Gasteiger partial charge is 0.328 e. The molecule has 0 fully saturated rings. The standard InChI is InChI=1S/C38H36Cl2N2O6S/c39-33-22-28-23-42(49(46,47)30-12-5-2-6-13-30)20-19-32(28)36(40)35(33)37(44)41-34(38(45)48-24-25-9-3-1-4-10-25)18-17-29(43)21-27-16-15-26-11-7-8-14-31(26)27/h1-14,22,27,34H,15-21,23-24H2,(H,41,44)/t27-,34-/m0/s1. The van der Waals surface area contributed by atoms with Crippen LogP contribution in [0.15, 0.2) is 95.9 Å². The molecule has 254 valence electrons. The molecule has 0 unspecified atom stereocenters. The van der Waals surface area contributed by atoms with E-state index >= 15 is 0 Å². The number of ether oxygens (including phenoxy) is 1. The molecule has 1 N–H and O–H groups in total. The third-order valence-electron chi connectivity index (χ3n) is 9.23. The van der Waals surface area contributed by atoms with Gasteiger partial charge in [0.05, 0.1) is 20.5 Å². The van der Waals surface area contributed by atoms with Crippen molar-refractivity contribution in [1.82, 2.24) is 9.62 Å². The molecule has 6 rings (SSSR count). The van der Waals surface area contributed by atoms with Gasteiger partial charge in [-0.15, -0.1) is 0 Å². The Balaban J connectivity index is 1.17. The van der Waals surface area contributed by atoms with Gasteiger partial charge >= 0.3 is 5.97 Å². The molecule has 8 nitrogen and oxygen atoms in total. The Morgan fingerprint density at radius 2 is 1.59 bits per heavy atom. The average Bonchev–Trinajstić information content (AvgIpc) is 3.52. The van der Waals surface area contributed by atoms with Gasteiger partial charge in [0.1, 0.15) is 18.4 Å². The van der Waals surface area contributed by atoms with Gasteiger partial charge in [-0.2, -0.15) is 4.31 Å². The van der Waals surface area contributed by atoms with Crippen LogP contribution in [-0.2, 0) is 50.3 Å². The number of carbonyl (C=O) groups excluding carboxylic acids is 3. The van der Waals surface area contributed by atoms with Crippen LogP contribution in [0.4, 0.5) is 0 Å². The van der Waals surface area contributed by atoms with Crippen molar-refractivity contribution in [1.29, 1.82) is 0 Å². The third kappa shape index (κ3) is 7.91. The second-order valence-electron chi connectivity index (χ2n) is 12.4. The van der Waals surface area contributed by atoms with Gasteiger partial charge < -0.3 is 10.1 Å². The van der Waals surface area contributed by atoms with E-state index in [-0.39, 0.29) is 71.2 Å². The first-order valence-electron chi connectivity index (χ1n) is 16.3. The predicted molar refractivity (Wildman–Crippen MR) is 188 cm³/mol. The highest BCUT2D eigenvalue weighted by Gasteiger charge is 2.33. The van der Waals surface area contributed by atoms with Crippen molar-refractivity contribution >= 4 is 50.9 Å². The molecule has 0 bridgehead atoms. The number of nitrogens with zero attached hydrogens (tertiary/aromatic N) is 1. The number of esters is 1. The third-order valence-corrected chi connectivity index (χ3v) is 11.8. The summed E-state index contributed by atoms with van der Waals surface area (Å²) in [6.45, 7) is 0.201. The Bertz CT molecular complexity index is 1970. The molecule has 0 aromatic heterocycles. The minimum atomic E-state index is -3.75. The molecule has 4 aromatic rings. The number of halogens is 2. The molecule has 0 radical (unpaired) electrons. The summed E-state index contributed by atoms with van der Waals surface area (Å²) < 4.78 is 33.5. The lowest BCUT2D eigenvalue weighted by Gasteiger charge is -2.29. The average molecular weight is 720 g/mol. The first-order valence-corrected chi connectivity index (χ1v) is 18.5. The van der Waals surface area contributed by atoms with Crippen molar-refractivity contribution in [2.75, 3.05) is 6.54 Å². The molecule has 11 heteroatoms. The molecule has 4 aromatic carbocycles. The van der Waals surface area contributed by atoms with Crippen LogP contribution in [0.3, 0.4) is 0 Å². The zero-order valence-corrected chi connectivity index (χ0v) is 29.1. The van der Waals surface area contributed by atoms with Crippen LogP contribution in [0, 0.1) is 0 Å². The summed E-state index contributed by atoms with van der Waals surface area (Å²) in [7, 11) is -3.75. The number of hydrogen-bond acceptors (Lipinski definition) is 6. The normalized spacial score (nSPS) is 16.3. The molecule has 2 atom stereocenters. The molecule has 1 aliphatic heterocycles. The van der Waals surface area contributed by atoms with E-state index in [1.54, 1.807) is 36.4 Å². The molecule has 1 aliphatic carbocycles. The quantitative estimate of drug-likeness (QED) is 0.157. The summed E-state index contributed by atoms with van der Waals surface area (Å²) in [6, 6.07) is 25.9. The molecule has 0 saturated carbocycles. The number of rotatable bonds is 12. The number of amides is 1. The van der Waals surface area contributed by atoms with Gasteiger partial charge in [0.15, 0.2) is 0 Å². The van der Waals surface area contributed by atoms with Crippen LogP contribution < -0.4 is 5.32 Å². The molecule has 0 saturated heterocycles. The van der Waals surface area contributed by atoms with E-state index in [1.165, 1.54) is 15.4 Å². The maximum absolute atomic E-state index is 13.8. The molecule has 1 amide bonds. The van der Waals surface area contributed by atoms with Crippen molar-refractivity contribution in [3.63, 3.8) is 0 Å². The van der Waals surface area contributed by atoms with E-state index in [1.807, 2.05) is 42.5 Å². The number of hydrogen-bond donors (Lipinski definition) is 1. The molecular weight excluding hydrogens is 683 g/mol. The predicted octanol–water partition coefficient (Wildman–Crippen LogP) is 7.05. The molecular formula is C38H36Cl2N2O6S. The van der Waals surface area contributed by atoms with Crippen molar-refractivity contribution in [2.45, 2.75) is 68.5 Å². The summed E-state index contributed by atoms with van der Waals surface area (Å²) in [4.78, 5) is 40.5. The topological polar surface area (TPSA) is 110 Å². The van der Waals surface area contributed by atoms with E-state index in [0.29, 0.717) is 17.5 Å². The van der Waals surface area contributed by atoms with Gasteiger partial charge in [0.2, 0.25) is 10.0 Å². The van der Waals surface area contributed by atoms with Crippen molar-refractivity contribution < 1.29 is 27.5 Å². The second kappa shape index (κ2) is 15.3. The van der Waals surface area contributed by atoms with Crippen LogP contribution in [0.25, 0.3) is 0 Å². The largest absolute Gasteiger partial charge is 0.459 e. The number of ketones is 1. The lowest BCUT2D eigenvalue weighted by molar-refractivity contribution is -0.147. The Labute approximate surface area is 296 Å². The summed E-state index contributed by atoms with van der Waals surface area (Å²) in [5, 5.41) is 2.86. The zero-order valence-electron chi connectivity index (χ0n) is 26.7. The minimum absolute atomic E-state index is 0.00158. The van der Waals surface area contributed by atoms with Gasteiger partial charge in [-0.1, -0.05) is 96.0 Å². The van der Waals surface area contributed by atoms with Crippen molar-refractivity contribution in [3.05, 3.63) is 134 Å². The number of aryl methyl sites for hydroxylation is 1. The van der Waals surface area contributed by atoms with Crippen LogP contribution in [0.5, 0.6) is 0 Å². The highest BCUT2D eigenvalue weighted by atomic mass is 35.5. The fourth-order valence-corrected chi connectivity index (χ4v) is 8.83. The fourth-order valence-electron chi connectivity index (χ4n) is 6.63. The SMILES string of the molecule is O=C(CC[C@H](NC(=O)c1c(Cl)cc2c(c1Cl)CCN(S(=O)(=O)c1ccccc1)C2)C(=O)OCc1ccccc1)C[C@@H]1CCc2ccccc21. The highest BCUT2D eigenvalue weighted by Crippen LogP contribution is 2.37. The maximum atomic E-state index is 13.8. The van der Waals surface area contributed by atoms with E-state index in [2.05, 4.69) is 17.4 Å². The van der Waals surface area contributed by atoms with Crippen LogP contribution >= 0.6 is 23.2 Å². The van der Waals surface area contributed by atoms with Gasteiger partial charge in [0.25, 0.3) is 5.91 Å². The van der Waals surface area contributed by atoms with Crippen LogP contribution in [0.1, 0.15) is 69.8 Å². The Hall–Kier alpha value is -4.02. The Morgan fingerprint density at radius 3 is 2.35 bits per heavy atom. The minimum Gasteiger partial charge on any atom is -0.459 e. The lowest BCUT2D eigenvalue weighted by atomic mass is 9.93. The van der Waals surface area contributed by atoms with Crippen LogP contribution in [-0.4, -0.2) is 43.0 Å². The summed E-state index contributed by atoms with van der Waals surface area (Å²) >= 11 is 13.4. The molecule has 0 spiro atoms. The Morgan fingerprint density at radius 1 is 0.898 bits per heavy atom. The van der Waals surface area contributed by atoms with Gasteiger partial charge in [0, 0.05) is 25.9 Å². The van der Waals surface area contributed by atoms with Gasteiger partial charge in [-0.3, -0.25) is 9.59 Å². The van der Waals surface area contributed by atoms with Gasteiger partial charge in [-0.25, -0.2) is 13.2 Å². The number of fused-ring (bicyclic) bond motifs is 2. The van der Waals surface area contributed by atoms with E-state index in [4.69, 9.17) is 27.9 Å². The number of benzene rings is 4. The van der Waals surface area contributed by atoms with Crippen molar-refractivity contribution in [2.24, 2.45) is 0 Å². The monoisotopic (exact) mass is 718 g/mol. The zero-order chi connectivity index (χ0) is 34.5. The highest BCUT2D eigenvalue weighted by molar-refractivity contribution is 7.89. The summed E-state index contributed by atoms with van der Waals surface area (Å²) in [6.07, 6.45) is 2.56. The van der Waals surface area contributed by atoms with Gasteiger partial charge in [-0.05, 0) is 77.6 Å². The van der Waals surface area contributed by atoms with Crippen LogP contribution in [0.2, 0.25) is 10.0 Å². The summed E-state index contributed by atoms with van der Waals surface area (Å²) in [5.74, 6) is -1.23. The molecule has 49 heavy (non-hydrogen) atoms. The number of Topliss-reactive ketones (excluding diaryl/α,β-unsaturated/α-hetero) is 1. The first-order chi connectivity index (χ1) is 23.6. The maximum Gasteiger partial charge on any atom is 0.328 e. The number of sulfonamides is 1. The first kappa shape index (κ1) is 34.8. The molecule has 2 aliphatic rings. The number of nitrogens with one attached hydrogen (secondary N) is 1. The molecule has 1 heterocycles. The fraction of sp³-hybridized carbons (Fsp3) is 0.289. The lowest BCUT2D eigenvalue weighted by Crippen LogP contribution is -2.42. The summed E-state index contributed by atoms with van der Waals surface area (Å²) in [5.41, 5.74) is 4.43. The second-order valence-corrected chi connectivity index (χ2v) is 15.1. The number of carbonyl (C=O) groups is 3. The Kier molecular flexibility index (Phi) is 10.8.